The lowest BCUT2D eigenvalue weighted by Crippen LogP contribution is -2.22. The smallest absolute Gasteiger partial charge is 0.259 e. The van der Waals surface area contributed by atoms with Gasteiger partial charge in [0.15, 0.2) is 0 Å². The van der Waals surface area contributed by atoms with Crippen LogP contribution < -0.4 is 10.9 Å². The van der Waals surface area contributed by atoms with E-state index in [4.69, 9.17) is 0 Å². The molecule has 0 unspecified atom stereocenters. The van der Waals surface area contributed by atoms with Crippen molar-refractivity contribution in [1.29, 1.82) is 0 Å². The van der Waals surface area contributed by atoms with Gasteiger partial charge in [0.05, 0.1) is 23.8 Å². The molecule has 0 saturated carbocycles. The number of fused-ring (bicyclic) bond motifs is 1. The highest BCUT2D eigenvalue weighted by atomic mass is 79.9. The van der Waals surface area contributed by atoms with Crippen LogP contribution in [0.5, 0.6) is 0 Å². The third-order valence-electron chi connectivity index (χ3n) is 2.93. The number of hydrogen-bond acceptors (Lipinski definition) is 4. The summed E-state index contributed by atoms with van der Waals surface area (Å²) < 4.78 is 0.747. The predicted octanol–water partition coefficient (Wildman–Crippen LogP) is 2.68. The van der Waals surface area contributed by atoms with E-state index >= 15 is 0 Å². The van der Waals surface area contributed by atoms with Crippen molar-refractivity contribution in [2.45, 2.75) is 6.54 Å². The fourth-order valence-electron chi connectivity index (χ4n) is 1.91. The van der Waals surface area contributed by atoms with Crippen molar-refractivity contribution < 1.29 is 4.79 Å². The maximum absolute atomic E-state index is 12.1. The summed E-state index contributed by atoms with van der Waals surface area (Å²) in [6, 6.07) is 8.98. The second-order valence-electron chi connectivity index (χ2n) is 4.33. The standard InChI is InChI=1S/C14H10BrN3O2S/c15-11-4-2-1-3-9(11)12(19)16-6-8-5-10-13(20)17-7-18-14(10)21-8/h1-5,7H,6H2,(H,16,19)(H,17,18,20). The zero-order chi connectivity index (χ0) is 14.8. The van der Waals surface area contributed by atoms with Gasteiger partial charge < -0.3 is 10.3 Å². The molecule has 5 nitrogen and oxygen atoms in total. The first kappa shape index (κ1) is 14.0. The van der Waals surface area contributed by atoms with Crippen molar-refractivity contribution in [1.82, 2.24) is 15.3 Å². The fraction of sp³-hybridized carbons (Fsp3) is 0.0714. The van der Waals surface area contributed by atoms with Gasteiger partial charge in [0.25, 0.3) is 11.5 Å². The van der Waals surface area contributed by atoms with Crippen LogP contribution in [0.3, 0.4) is 0 Å². The van der Waals surface area contributed by atoms with Gasteiger partial charge in [0.1, 0.15) is 4.83 Å². The summed E-state index contributed by atoms with van der Waals surface area (Å²) in [7, 11) is 0. The molecule has 106 valence electrons. The van der Waals surface area contributed by atoms with Crippen LogP contribution in [0.4, 0.5) is 0 Å². The van der Waals surface area contributed by atoms with Crippen molar-refractivity contribution in [3.63, 3.8) is 0 Å². The van der Waals surface area contributed by atoms with Crippen molar-refractivity contribution in [2.75, 3.05) is 0 Å². The topological polar surface area (TPSA) is 74.8 Å². The molecule has 0 spiro atoms. The van der Waals surface area contributed by atoms with Crippen molar-refractivity contribution in [2.24, 2.45) is 0 Å². The third-order valence-corrected chi connectivity index (χ3v) is 4.66. The number of halogens is 1. The van der Waals surface area contributed by atoms with E-state index in [1.165, 1.54) is 17.7 Å². The first-order valence-electron chi connectivity index (χ1n) is 6.14. The van der Waals surface area contributed by atoms with Gasteiger partial charge in [0, 0.05) is 9.35 Å². The Kier molecular flexibility index (Phi) is 3.85. The van der Waals surface area contributed by atoms with E-state index in [2.05, 4.69) is 31.2 Å². The molecule has 0 aliphatic heterocycles. The van der Waals surface area contributed by atoms with E-state index in [1.807, 2.05) is 18.2 Å². The van der Waals surface area contributed by atoms with Crippen LogP contribution in [0.25, 0.3) is 10.2 Å². The highest BCUT2D eigenvalue weighted by Crippen LogP contribution is 2.21. The van der Waals surface area contributed by atoms with E-state index < -0.39 is 0 Å². The Labute approximate surface area is 132 Å². The minimum atomic E-state index is -0.167. The average molecular weight is 364 g/mol. The van der Waals surface area contributed by atoms with Crippen LogP contribution in [-0.4, -0.2) is 15.9 Å². The van der Waals surface area contributed by atoms with Gasteiger partial charge in [-0.3, -0.25) is 9.59 Å². The number of benzene rings is 1. The number of H-pyrrole nitrogens is 1. The van der Waals surface area contributed by atoms with Crippen LogP contribution in [-0.2, 0) is 6.54 Å². The largest absolute Gasteiger partial charge is 0.347 e. The Morgan fingerprint density at radius 2 is 2.19 bits per heavy atom. The highest BCUT2D eigenvalue weighted by Gasteiger charge is 2.10. The Morgan fingerprint density at radius 3 is 2.95 bits per heavy atom. The highest BCUT2D eigenvalue weighted by molar-refractivity contribution is 9.10. The third kappa shape index (κ3) is 2.88. The number of hydrogen-bond donors (Lipinski definition) is 2. The number of rotatable bonds is 3. The summed E-state index contributed by atoms with van der Waals surface area (Å²) in [6.45, 7) is 0.362. The second kappa shape index (κ2) is 5.79. The van der Waals surface area contributed by atoms with E-state index in [0.29, 0.717) is 22.3 Å². The molecule has 0 aliphatic carbocycles. The molecule has 7 heteroatoms. The first-order valence-corrected chi connectivity index (χ1v) is 7.75. The van der Waals surface area contributed by atoms with Gasteiger partial charge in [-0.05, 0) is 34.1 Å². The summed E-state index contributed by atoms with van der Waals surface area (Å²) in [5, 5.41) is 3.39. The summed E-state index contributed by atoms with van der Waals surface area (Å²) in [5.41, 5.74) is 0.411. The Morgan fingerprint density at radius 1 is 1.38 bits per heavy atom. The first-order chi connectivity index (χ1) is 10.1. The van der Waals surface area contributed by atoms with Crippen LogP contribution in [0.15, 0.2) is 45.9 Å². The molecule has 3 rings (SSSR count). The lowest BCUT2D eigenvalue weighted by Gasteiger charge is -2.05. The van der Waals surface area contributed by atoms with E-state index in [-0.39, 0.29) is 11.5 Å². The van der Waals surface area contributed by atoms with Gasteiger partial charge in [-0.15, -0.1) is 11.3 Å². The molecule has 0 radical (unpaired) electrons. The van der Waals surface area contributed by atoms with Crippen molar-refractivity contribution >= 4 is 43.4 Å². The monoisotopic (exact) mass is 363 g/mol. The predicted molar refractivity (Wildman–Crippen MR) is 85.6 cm³/mol. The number of carbonyl (C=O) groups excluding carboxylic acids is 1. The van der Waals surface area contributed by atoms with E-state index in [0.717, 1.165) is 9.35 Å². The molecule has 21 heavy (non-hydrogen) atoms. The summed E-state index contributed by atoms with van der Waals surface area (Å²) in [5.74, 6) is -0.165. The molecule has 0 bridgehead atoms. The van der Waals surface area contributed by atoms with Crippen LogP contribution in [0.1, 0.15) is 15.2 Å². The Bertz CT molecular complexity index is 872. The summed E-state index contributed by atoms with van der Waals surface area (Å²) >= 11 is 4.74. The maximum atomic E-state index is 12.1. The molecule has 1 amide bonds. The molecule has 0 saturated heterocycles. The second-order valence-corrected chi connectivity index (χ2v) is 6.30. The van der Waals surface area contributed by atoms with Crippen molar-refractivity contribution in [3.05, 3.63) is 61.9 Å². The molecule has 2 aromatic heterocycles. The molecule has 2 heterocycles. The molecule has 0 aliphatic rings. The van der Waals surface area contributed by atoms with E-state index in [1.54, 1.807) is 12.1 Å². The number of nitrogens with one attached hydrogen (secondary N) is 2. The number of amides is 1. The van der Waals surface area contributed by atoms with Gasteiger partial charge in [-0.25, -0.2) is 4.98 Å². The van der Waals surface area contributed by atoms with Crippen LogP contribution in [0, 0.1) is 0 Å². The summed E-state index contributed by atoms with van der Waals surface area (Å²) in [6.07, 6.45) is 1.38. The fourth-order valence-corrected chi connectivity index (χ4v) is 3.31. The summed E-state index contributed by atoms with van der Waals surface area (Å²) in [4.78, 5) is 31.9. The van der Waals surface area contributed by atoms with Crippen LogP contribution >= 0.6 is 27.3 Å². The molecule has 2 N–H and O–H groups in total. The van der Waals surface area contributed by atoms with E-state index in [9.17, 15) is 9.59 Å². The lowest BCUT2D eigenvalue weighted by atomic mass is 10.2. The Balaban J connectivity index is 1.78. The average Bonchev–Trinajstić information content (AvgIpc) is 2.90. The number of nitrogens with zero attached hydrogens (tertiary/aromatic N) is 1. The molecule has 0 atom stereocenters. The minimum absolute atomic E-state index is 0.165. The quantitative estimate of drug-likeness (QED) is 0.750. The van der Waals surface area contributed by atoms with Gasteiger partial charge in [-0.1, -0.05) is 12.1 Å². The molecular weight excluding hydrogens is 354 g/mol. The zero-order valence-electron chi connectivity index (χ0n) is 10.7. The maximum Gasteiger partial charge on any atom is 0.259 e. The van der Waals surface area contributed by atoms with Crippen LogP contribution in [0.2, 0.25) is 0 Å². The molecule has 0 fully saturated rings. The minimum Gasteiger partial charge on any atom is -0.347 e. The molecular formula is C14H10BrN3O2S. The number of carbonyl (C=O) groups is 1. The number of aromatic nitrogens is 2. The van der Waals surface area contributed by atoms with Gasteiger partial charge in [-0.2, -0.15) is 0 Å². The molecule has 3 aromatic rings. The lowest BCUT2D eigenvalue weighted by molar-refractivity contribution is 0.0950. The normalized spacial score (nSPS) is 10.7. The Hall–Kier alpha value is -1.99. The SMILES string of the molecule is O=C(NCc1cc2c(=O)[nH]cnc2s1)c1ccccc1Br. The molecule has 1 aromatic carbocycles. The zero-order valence-corrected chi connectivity index (χ0v) is 13.1. The number of thiophene rings is 1. The number of aromatic amines is 1. The van der Waals surface area contributed by atoms with Gasteiger partial charge >= 0.3 is 0 Å². The van der Waals surface area contributed by atoms with Crippen molar-refractivity contribution in [3.8, 4) is 0 Å². The van der Waals surface area contributed by atoms with Gasteiger partial charge in [0.2, 0.25) is 0 Å².